The summed E-state index contributed by atoms with van der Waals surface area (Å²) >= 11 is 0. The van der Waals surface area contributed by atoms with Gasteiger partial charge in [-0.05, 0) is 30.9 Å². The van der Waals surface area contributed by atoms with Crippen molar-refractivity contribution in [2.45, 2.75) is 43.7 Å². The molecule has 28 heavy (non-hydrogen) atoms. The van der Waals surface area contributed by atoms with Crippen molar-refractivity contribution in [1.82, 2.24) is 5.32 Å². The van der Waals surface area contributed by atoms with Gasteiger partial charge in [0.05, 0.1) is 11.8 Å². The van der Waals surface area contributed by atoms with Crippen molar-refractivity contribution in [2.24, 2.45) is 0 Å². The maximum atomic E-state index is 11.5. The van der Waals surface area contributed by atoms with E-state index in [4.69, 9.17) is 4.74 Å². The summed E-state index contributed by atoms with van der Waals surface area (Å²) in [6.07, 6.45) is 4.55. The van der Waals surface area contributed by atoms with E-state index in [0.29, 0.717) is 23.5 Å². The highest BCUT2D eigenvalue weighted by Crippen LogP contribution is 2.39. The van der Waals surface area contributed by atoms with Gasteiger partial charge in [-0.3, -0.25) is 4.79 Å². The average molecular weight is 382 g/mol. The average Bonchev–Trinajstić information content (AvgIpc) is 3.14. The molecule has 1 aliphatic carbocycles. The van der Waals surface area contributed by atoms with Crippen molar-refractivity contribution < 1.29 is 19.7 Å². The lowest BCUT2D eigenvalue weighted by Gasteiger charge is -2.32. The molecule has 1 unspecified atom stereocenters. The molecule has 6 nitrogen and oxygen atoms in total. The number of ether oxygens (including phenoxy) is 1. The van der Waals surface area contributed by atoms with Crippen LogP contribution in [-0.2, 0) is 11.2 Å². The lowest BCUT2D eigenvalue weighted by Crippen LogP contribution is -2.46. The summed E-state index contributed by atoms with van der Waals surface area (Å²) in [5.41, 5.74) is 2.13. The van der Waals surface area contributed by atoms with Crippen LogP contribution in [0.5, 0.6) is 11.5 Å². The molecule has 1 heterocycles. The molecule has 0 bridgehead atoms. The predicted octanol–water partition coefficient (Wildman–Crippen LogP) is 2.90. The fraction of sp³-hybridized carbons (Fsp3) is 0.409. The number of anilines is 1. The molecule has 2 aromatic carbocycles. The number of β-amino-alcohol motifs (C(OH)–C–C–N with tert-alkyl or cyclic N) is 1. The molecule has 0 aromatic heterocycles. The summed E-state index contributed by atoms with van der Waals surface area (Å²) in [4.78, 5) is 11.5. The second kappa shape index (κ2) is 7.81. The minimum Gasteiger partial charge on any atom is -0.508 e. The molecule has 0 radical (unpaired) electrons. The second-order valence-electron chi connectivity index (χ2n) is 7.80. The molecule has 1 amide bonds. The Hall–Kier alpha value is -2.57. The molecular weight excluding hydrogens is 356 g/mol. The Labute approximate surface area is 164 Å². The van der Waals surface area contributed by atoms with E-state index in [0.717, 1.165) is 19.3 Å². The van der Waals surface area contributed by atoms with Crippen molar-refractivity contribution in [3.05, 3.63) is 53.6 Å². The van der Waals surface area contributed by atoms with Crippen LogP contribution in [0.1, 0.15) is 42.9 Å². The largest absolute Gasteiger partial charge is 0.508 e. The monoisotopic (exact) mass is 382 g/mol. The highest BCUT2D eigenvalue weighted by molar-refractivity contribution is 5.96. The van der Waals surface area contributed by atoms with Gasteiger partial charge in [0.15, 0.2) is 6.61 Å². The summed E-state index contributed by atoms with van der Waals surface area (Å²) in [7, 11) is 0. The van der Waals surface area contributed by atoms with Crippen molar-refractivity contribution in [3.63, 3.8) is 0 Å². The molecule has 0 saturated heterocycles. The maximum Gasteiger partial charge on any atom is 0.262 e. The number of carbonyl (C=O) groups is 1. The minimum absolute atomic E-state index is 0.0153. The molecule has 1 atom stereocenters. The van der Waals surface area contributed by atoms with Crippen molar-refractivity contribution in [3.8, 4) is 11.5 Å². The van der Waals surface area contributed by atoms with Crippen LogP contribution in [0.25, 0.3) is 0 Å². The number of hydrogen-bond acceptors (Lipinski definition) is 5. The minimum atomic E-state index is -0.857. The molecule has 4 rings (SSSR count). The number of amides is 1. The first-order chi connectivity index (χ1) is 13.5. The zero-order valence-corrected chi connectivity index (χ0v) is 15.8. The Bertz CT molecular complexity index is 847. The lowest BCUT2D eigenvalue weighted by molar-refractivity contribution is -0.118. The molecule has 2 aromatic rings. The van der Waals surface area contributed by atoms with Gasteiger partial charge in [-0.15, -0.1) is 0 Å². The fourth-order valence-electron chi connectivity index (χ4n) is 4.34. The van der Waals surface area contributed by atoms with Gasteiger partial charge in [-0.1, -0.05) is 43.2 Å². The number of phenolic OH excluding ortho intramolecular Hbond substituents is 1. The maximum absolute atomic E-state index is 11.5. The van der Waals surface area contributed by atoms with E-state index in [-0.39, 0.29) is 23.8 Å². The van der Waals surface area contributed by atoms with E-state index >= 15 is 0 Å². The van der Waals surface area contributed by atoms with E-state index in [1.54, 1.807) is 0 Å². The van der Waals surface area contributed by atoms with Crippen molar-refractivity contribution >= 4 is 11.6 Å². The number of aliphatic hydroxyl groups excluding tert-OH is 1. The Kier molecular flexibility index (Phi) is 5.24. The van der Waals surface area contributed by atoms with Crippen LogP contribution >= 0.6 is 0 Å². The van der Waals surface area contributed by atoms with Crippen LogP contribution in [0.15, 0.2) is 42.5 Å². The number of carbonyl (C=O) groups excluding carboxylic acids is 1. The first kappa shape index (κ1) is 18.8. The summed E-state index contributed by atoms with van der Waals surface area (Å²) in [5.74, 6) is 0.137. The Morgan fingerprint density at radius 1 is 1.18 bits per heavy atom. The normalized spacial score (nSPS) is 18.8. The van der Waals surface area contributed by atoms with Crippen LogP contribution in [-0.4, -0.2) is 34.8 Å². The molecule has 4 N–H and O–H groups in total. The topological polar surface area (TPSA) is 90.8 Å². The van der Waals surface area contributed by atoms with E-state index < -0.39 is 6.10 Å². The molecule has 1 fully saturated rings. The molecule has 0 spiro atoms. The van der Waals surface area contributed by atoms with E-state index in [2.05, 4.69) is 34.9 Å². The van der Waals surface area contributed by atoms with E-state index in [9.17, 15) is 15.0 Å². The third-order valence-electron chi connectivity index (χ3n) is 5.70. The quantitative estimate of drug-likeness (QED) is 0.617. The van der Waals surface area contributed by atoms with Crippen LogP contribution in [0.3, 0.4) is 0 Å². The van der Waals surface area contributed by atoms with E-state index in [1.165, 1.54) is 30.5 Å². The second-order valence-corrected chi connectivity index (χ2v) is 7.80. The van der Waals surface area contributed by atoms with Crippen LogP contribution in [0, 0.1) is 0 Å². The van der Waals surface area contributed by atoms with E-state index in [1.807, 2.05) is 6.07 Å². The zero-order chi connectivity index (χ0) is 19.6. The Morgan fingerprint density at radius 3 is 2.68 bits per heavy atom. The third kappa shape index (κ3) is 3.98. The first-order valence-electron chi connectivity index (χ1n) is 9.81. The Balaban J connectivity index is 1.50. The number of benzene rings is 2. The van der Waals surface area contributed by atoms with Gasteiger partial charge in [0.25, 0.3) is 5.91 Å². The number of rotatable bonds is 6. The predicted molar refractivity (Wildman–Crippen MR) is 107 cm³/mol. The standard InChI is InChI=1S/C22H26N2O4/c25-16-10-17(21-18(11-16)24-20(27)14-28-21)19(26)13-23-22(8-4-5-9-22)12-15-6-2-1-3-7-15/h1-3,6-7,10-11,19,23,25-26H,4-5,8-9,12-14H2,(H,24,27). The number of aliphatic hydroxyl groups is 1. The smallest absolute Gasteiger partial charge is 0.262 e. The molecule has 1 aliphatic heterocycles. The number of fused-ring (bicyclic) bond motifs is 1. The Morgan fingerprint density at radius 2 is 1.93 bits per heavy atom. The molecule has 148 valence electrons. The van der Waals surface area contributed by atoms with Gasteiger partial charge in [0, 0.05) is 23.7 Å². The van der Waals surface area contributed by atoms with Gasteiger partial charge in [0.1, 0.15) is 11.5 Å². The summed E-state index contributed by atoms with van der Waals surface area (Å²) < 4.78 is 5.52. The van der Waals surface area contributed by atoms with Crippen LogP contribution < -0.4 is 15.4 Å². The number of aromatic hydroxyl groups is 1. The number of phenols is 1. The lowest BCUT2D eigenvalue weighted by atomic mass is 9.88. The van der Waals surface area contributed by atoms with Crippen LogP contribution in [0.2, 0.25) is 0 Å². The van der Waals surface area contributed by atoms with Gasteiger partial charge >= 0.3 is 0 Å². The zero-order valence-electron chi connectivity index (χ0n) is 15.8. The van der Waals surface area contributed by atoms with Gasteiger partial charge in [-0.25, -0.2) is 0 Å². The fourth-order valence-corrected chi connectivity index (χ4v) is 4.34. The summed E-state index contributed by atoms with van der Waals surface area (Å²) in [5, 5.41) is 27.1. The molecule has 2 aliphatic rings. The van der Waals surface area contributed by atoms with Gasteiger partial charge in [0.2, 0.25) is 0 Å². The third-order valence-corrected chi connectivity index (χ3v) is 5.70. The summed E-state index contributed by atoms with van der Waals surface area (Å²) in [6.45, 7) is 0.253. The highest BCUT2D eigenvalue weighted by atomic mass is 16.5. The number of nitrogens with one attached hydrogen (secondary N) is 2. The summed E-state index contributed by atoms with van der Waals surface area (Å²) in [6, 6.07) is 13.3. The van der Waals surface area contributed by atoms with Gasteiger partial charge in [-0.2, -0.15) is 0 Å². The van der Waals surface area contributed by atoms with Crippen molar-refractivity contribution in [2.75, 3.05) is 18.5 Å². The first-order valence-corrected chi connectivity index (χ1v) is 9.81. The molecule has 6 heteroatoms. The highest BCUT2D eigenvalue weighted by Gasteiger charge is 2.34. The van der Waals surface area contributed by atoms with Gasteiger partial charge < -0.3 is 25.6 Å². The SMILES string of the molecule is O=C1COc2c(cc(O)cc2C(O)CNC2(Cc3ccccc3)CCCC2)N1. The molecular formula is C22H26N2O4. The molecule has 1 saturated carbocycles. The van der Waals surface area contributed by atoms with Crippen molar-refractivity contribution in [1.29, 1.82) is 0 Å². The van der Waals surface area contributed by atoms with Crippen LogP contribution in [0.4, 0.5) is 5.69 Å². The number of hydrogen-bond donors (Lipinski definition) is 4.